The van der Waals surface area contributed by atoms with Gasteiger partial charge in [0, 0.05) is 13.0 Å². The quantitative estimate of drug-likeness (QED) is 0.219. The van der Waals surface area contributed by atoms with Crippen LogP contribution in [0.1, 0.15) is 63.3 Å². The van der Waals surface area contributed by atoms with Crippen LogP contribution in [-0.4, -0.2) is 57.7 Å². The number of hydrogen-bond acceptors (Lipinski definition) is 6. The molecule has 3 atom stereocenters. The number of carbonyl (C=O) groups excluding carboxylic acids is 4. The van der Waals surface area contributed by atoms with Gasteiger partial charge in [-0.2, -0.15) is 0 Å². The lowest BCUT2D eigenvalue weighted by Gasteiger charge is -2.40. The molecule has 240 valence electrons. The van der Waals surface area contributed by atoms with Crippen molar-refractivity contribution in [2.75, 3.05) is 6.54 Å². The number of aryl methyl sites for hydroxylation is 1. The Balaban J connectivity index is 2.03. The first-order chi connectivity index (χ1) is 21.4. The first-order valence-corrected chi connectivity index (χ1v) is 15.1. The van der Waals surface area contributed by atoms with Gasteiger partial charge in [0.25, 0.3) is 5.91 Å². The van der Waals surface area contributed by atoms with Crippen molar-refractivity contribution in [1.29, 1.82) is 0 Å². The zero-order chi connectivity index (χ0) is 33.0. The lowest BCUT2D eigenvalue weighted by atomic mass is 9.81. The number of nitrogens with two attached hydrogens (primary N) is 1. The highest BCUT2D eigenvalue weighted by Gasteiger charge is 2.50. The van der Waals surface area contributed by atoms with Crippen molar-refractivity contribution in [3.05, 3.63) is 108 Å². The van der Waals surface area contributed by atoms with Crippen LogP contribution in [0.5, 0.6) is 0 Å². The molecule has 0 saturated heterocycles. The van der Waals surface area contributed by atoms with E-state index in [1.54, 1.807) is 82.3 Å². The second kappa shape index (κ2) is 15.9. The van der Waals surface area contributed by atoms with Crippen LogP contribution in [0.4, 0.5) is 9.59 Å². The monoisotopic (exact) mass is 616 g/mol. The Bertz CT molecular complexity index is 1410. The van der Waals surface area contributed by atoms with E-state index in [2.05, 4.69) is 10.6 Å². The van der Waals surface area contributed by atoms with Crippen LogP contribution in [0.3, 0.4) is 0 Å². The molecule has 0 bridgehead atoms. The molecule has 3 aromatic rings. The lowest BCUT2D eigenvalue weighted by molar-refractivity contribution is -0.141. The van der Waals surface area contributed by atoms with Crippen LogP contribution in [0, 0.1) is 0 Å². The smallest absolute Gasteiger partial charge is 0.408 e. The van der Waals surface area contributed by atoms with Crippen molar-refractivity contribution in [3.8, 4) is 0 Å². The van der Waals surface area contributed by atoms with Gasteiger partial charge in [0.2, 0.25) is 5.91 Å². The van der Waals surface area contributed by atoms with Gasteiger partial charge in [-0.05, 0) is 63.6 Å². The van der Waals surface area contributed by atoms with E-state index in [-0.39, 0.29) is 19.4 Å². The summed E-state index contributed by atoms with van der Waals surface area (Å²) in [5.41, 5.74) is 4.84. The number of nitrogens with one attached hydrogen (secondary N) is 2. The van der Waals surface area contributed by atoms with Crippen molar-refractivity contribution in [2.45, 2.75) is 76.7 Å². The number of urea groups is 1. The molecule has 10 nitrogen and oxygen atoms in total. The molecule has 0 radical (unpaired) electrons. The van der Waals surface area contributed by atoms with Gasteiger partial charge in [-0.1, -0.05) is 91.0 Å². The van der Waals surface area contributed by atoms with Crippen molar-refractivity contribution < 1.29 is 29.0 Å². The summed E-state index contributed by atoms with van der Waals surface area (Å²) in [6, 6.07) is 24.9. The summed E-state index contributed by atoms with van der Waals surface area (Å²) < 4.78 is 5.54. The van der Waals surface area contributed by atoms with E-state index in [0.29, 0.717) is 24.0 Å². The minimum atomic E-state index is -2.01. The van der Waals surface area contributed by atoms with E-state index in [9.17, 15) is 24.3 Å². The fourth-order valence-corrected chi connectivity index (χ4v) is 5.10. The van der Waals surface area contributed by atoms with Gasteiger partial charge in [0.1, 0.15) is 11.6 Å². The fourth-order valence-electron chi connectivity index (χ4n) is 5.10. The van der Waals surface area contributed by atoms with E-state index in [1.165, 1.54) is 0 Å². The van der Waals surface area contributed by atoms with Gasteiger partial charge in [0.05, 0.1) is 6.10 Å². The number of benzene rings is 3. The Labute approximate surface area is 265 Å². The molecule has 3 aromatic carbocycles. The molecule has 0 aliphatic heterocycles. The van der Waals surface area contributed by atoms with Crippen molar-refractivity contribution >= 4 is 23.9 Å². The van der Waals surface area contributed by atoms with Gasteiger partial charge in [0.15, 0.2) is 5.54 Å². The van der Waals surface area contributed by atoms with Crippen molar-refractivity contribution in [3.63, 3.8) is 0 Å². The van der Waals surface area contributed by atoms with Crippen LogP contribution in [0.25, 0.3) is 0 Å². The van der Waals surface area contributed by atoms with E-state index in [1.807, 2.05) is 36.4 Å². The summed E-state index contributed by atoms with van der Waals surface area (Å²) in [5.74, 6) is -1.68. The number of carbonyl (C=O) groups is 4. The minimum absolute atomic E-state index is 0.121. The van der Waals surface area contributed by atoms with E-state index in [0.717, 1.165) is 10.5 Å². The summed E-state index contributed by atoms with van der Waals surface area (Å²) in [6.45, 7) is 6.50. The maximum Gasteiger partial charge on any atom is 0.408 e. The van der Waals surface area contributed by atoms with Gasteiger partial charge >= 0.3 is 12.1 Å². The average Bonchev–Trinajstić information content (AvgIpc) is 3.00. The van der Waals surface area contributed by atoms with Crippen molar-refractivity contribution in [2.24, 2.45) is 5.73 Å². The number of likely N-dealkylation sites (N-methyl/N-ethyl adjacent to an activating group) is 1. The molecule has 0 saturated carbocycles. The summed E-state index contributed by atoms with van der Waals surface area (Å²) in [7, 11) is 0. The minimum Gasteiger partial charge on any atom is -0.444 e. The molecule has 0 aliphatic rings. The number of hydrogen-bond donors (Lipinski definition) is 4. The number of rotatable bonds is 13. The Morgan fingerprint density at radius 2 is 1.40 bits per heavy atom. The van der Waals surface area contributed by atoms with Gasteiger partial charge < -0.3 is 26.2 Å². The maximum atomic E-state index is 14.6. The lowest BCUT2D eigenvalue weighted by Crippen LogP contribution is -2.69. The van der Waals surface area contributed by atoms with Gasteiger partial charge in [-0.3, -0.25) is 14.5 Å². The maximum absolute atomic E-state index is 14.6. The highest BCUT2D eigenvalue weighted by molar-refractivity contribution is 6.02. The number of nitrogens with zero attached hydrogens (tertiary/aromatic N) is 1. The molecule has 0 aliphatic carbocycles. The fraction of sp³-hybridized carbons (Fsp3) is 0.371. The second-order valence-electron chi connectivity index (χ2n) is 11.9. The third-order valence-corrected chi connectivity index (χ3v) is 7.28. The summed E-state index contributed by atoms with van der Waals surface area (Å²) in [6.07, 6.45) is -1.26. The van der Waals surface area contributed by atoms with Gasteiger partial charge in [-0.15, -0.1) is 0 Å². The predicted octanol–water partition coefficient (Wildman–Crippen LogP) is 4.66. The third-order valence-electron chi connectivity index (χ3n) is 7.28. The van der Waals surface area contributed by atoms with Crippen molar-refractivity contribution in [1.82, 2.24) is 15.5 Å². The topological polar surface area (TPSA) is 151 Å². The number of primary amides is 1. The number of imide groups is 1. The summed E-state index contributed by atoms with van der Waals surface area (Å²) in [4.78, 5) is 54.9. The highest BCUT2D eigenvalue weighted by Crippen LogP contribution is 2.27. The predicted molar refractivity (Wildman–Crippen MR) is 172 cm³/mol. The Morgan fingerprint density at radius 3 is 1.91 bits per heavy atom. The normalized spacial score (nSPS) is 13.9. The Morgan fingerprint density at radius 1 is 0.867 bits per heavy atom. The van der Waals surface area contributed by atoms with Crippen LogP contribution in [0.15, 0.2) is 91.0 Å². The zero-order valence-electron chi connectivity index (χ0n) is 26.4. The Kier molecular flexibility index (Phi) is 12.3. The van der Waals surface area contributed by atoms with Gasteiger partial charge in [-0.25, -0.2) is 9.59 Å². The van der Waals surface area contributed by atoms with E-state index < -0.39 is 47.2 Å². The summed E-state index contributed by atoms with van der Waals surface area (Å²) >= 11 is 0. The molecule has 45 heavy (non-hydrogen) atoms. The molecular formula is C35H44N4O6. The number of ether oxygens (including phenoxy) is 1. The number of alkyl carbamates (subject to hydrolysis) is 1. The van der Waals surface area contributed by atoms with E-state index >= 15 is 0 Å². The average molecular weight is 617 g/mol. The molecule has 5 N–H and O–H groups in total. The number of amides is 5. The SMILES string of the molecule is CCN(C(=O)N[C@H](C(N)=O)c1ccccc1)C(=O)[C@@](Cc1ccccc1)(NC(=O)OC(C)(C)C)[C@H](O)CCCc1ccccc1. The zero-order valence-corrected chi connectivity index (χ0v) is 26.4. The third kappa shape index (κ3) is 9.90. The first kappa shape index (κ1) is 34.8. The van der Waals surface area contributed by atoms with Crippen LogP contribution in [0.2, 0.25) is 0 Å². The molecule has 10 heteroatoms. The highest BCUT2D eigenvalue weighted by atomic mass is 16.6. The number of aliphatic hydroxyl groups is 1. The molecular weight excluding hydrogens is 572 g/mol. The molecule has 0 spiro atoms. The standard InChI is InChI=1S/C35H44N4O6/c1-5-39(32(43)37-29(30(36)41)27-21-13-8-14-22-27)31(42)35(24-26-18-11-7-12-19-26,38-33(44)45-34(2,3)4)28(40)23-15-20-25-16-9-6-10-17-25/h6-14,16-19,21-22,28-29,40H,5,15,20,23-24H2,1-4H3,(H2,36,41)(H,37,43)(H,38,44)/t28-,29+,35+/m1/s1. The van der Waals surface area contributed by atoms with Crippen LogP contribution in [-0.2, 0) is 27.2 Å². The van der Waals surface area contributed by atoms with E-state index in [4.69, 9.17) is 10.5 Å². The second-order valence-corrected chi connectivity index (χ2v) is 11.9. The summed E-state index contributed by atoms with van der Waals surface area (Å²) in [5, 5.41) is 17.1. The molecule has 3 rings (SSSR count). The molecule has 5 amide bonds. The van der Waals surface area contributed by atoms with Crippen LogP contribution >= 0.6 is 0 Å². The molecule has 0 fully saturated rings. The Hall–Kier alpha value is -4.70. The molecule has 0 unspecified atom stereocenters. The number of aliphatic hydroxyl groups excluding tert-OH is 1. The largest absolute Gasteiger partial charge is 0.444 e. The first-order valence-electron chi connectivity index (χ1n) is 15.1. The molecule has 0 aromatic heterocycles. The molecule has 0 heterocycles. The van der Waals surface area contributed by atoms with Crippen LogP contribution < -0.4 is 16.4 Å².